The molecule has 0 atom stereocenters. The number of esters is 1. The van der Waals surface area contributed by atoms with Crippen LogP contribution in [0.1, 0.15) is 21.7 Å². The number of aromatic nitrogens is 3. The van der Waals surface area contributed by atoms with Gasteiger partial charge in [0.15, 0.2) is 12.4 Å². The number of para-hydroxylation sites is 1. The van der Waals surface area contributed by atoms with Crippen LogP contribution in [0, 0.1) is 6.92 Å². The second-order valence-electron chi connectivity index (χ2n) is 3.91. The molecular formula is C12H14N4O2. The van der Waals surface area contributed by atoms with Crippen LogP contribution < -0.4 is 5.73 Å². The van der Waals surface area contributed by atoms with Crippen molar-refractivity contribution in [3.05, 3.63) is 41.5 Å². The number of nitrogen functional groups attached to an aromatic ring is 1. The summed E-state index contributed by atoms with van der Waals surface area (Å²) in [5.41, 5.74) is 7.50. The van der Waals surface area contributed by atoms with Gasteiger partial charge in [-0.25, -0.2) is 9.78 Å². The van der Waals surface area contributed by atoms with Crippen LogP contribution in [-0.4, -0.2) is 20.7 Å². The van der Waals surface area contributed by atoms with Crippen molar-refractivity contribution in [2.45, 2.75) is 13.5 Å². The monoisotopic (exact) mass is 246 g/mol. The third-order valence-corrected chi connectivity index (χ3v) is 2.68. The van der Waals surface area contributed by atoms with E-state index < -0.39 is 5.97 Å². The first-order valence-corrected chi connectivity index (χ1v) is 5.44. The van der Waals surface area contributed by atoms with Gasteiger partial charge >= 0.3 is 5.97 Å². The van der Waals surface area contributed by atoms with Crippen LogP contribution in [0.3, 0.4) is 0 Å². The van der Waals surface area contributed by atoms with Crippen LogP contribution in [0.2, 0.25) is 0 Å². The molecule has 0 spiro atoms. The number of hydrogen-bond donors (Lipinski definition) is 1. The Morgan fingerprint density at radius 1 is 1.50 bits per heavy atom. The molecule has 1 heterocycles. The Morgan fingerprint density at radius 3 is 2.94 bits per heavy atom. The number of benzene rings is 1. The maximum atomic E-state index is 11.9. The van der Waals surface area contributed by atoms with Gasteiger partial charge in [-0.1, -0.05) is 12.1 Å². The summed E-state index contributed by atoms with van der Waals surface area (Å²) in [5.74, 6) is 0.119. The van der Waals surface area contributed by atoms with Gasteiger partial charge < -0.3 is 10.5 Å². The molecule has 0 radical (unpaired) electrons. The summed E-state index contributed by atoms with van der Waals surface area (Å²) in [5, 5.41) is 3.89. The van der Waals surface area contributed by atoms with Crippen LogP contribution in [0.5, 0.6) is 0 Å². The van der Waals surface area contributed by atoms with Crippen LogP contribution in [0.25, 0.3) is 0 Å². The lowest BCUT2D eigenvalue weighted by Gasteiger charge is -2.08. The van der Waals surface area contributed by atoms with E-state index in [1.165, 1.54) is 6.33 Å². The number of rotatable bonds is 3. The molecule has 6 nitrogen and oxygen atoms in total. The minimum atomic E-state index is -0.459. The first-order valence-electron chi connectivity index (χ1n) is 5.44. The molecule has 6 heteroatoms. The number of ether oxygens (including phenoxy) is 1. The molecule has 0 saturated heterocycles. The molecule has 2 aromatic rings. The maximum Gasteiger partial charge on any atom is 0.340 e. The molecule has 0 fully saturated rings. The number of aryl methyl sites for hydroxylation is 2. The Bertz CT molecular complexity index is 577. The molecule has 0 amide bonds. The van der Waals surface area contributed by atoms with Gasteiger partial charge in [0, 0.05) is 12.7 Å². The number of anilines is 1. The molecule has 0 aliphatic rings. The molecule has 1 aromatic carbocycles. The Balaban J connectivity index is 2.09. The van der Waals surface area contributed by atoms with E-state index in [0.717, 1.165) is 5.56 Å². The Kier molecular flexibility index (Phi) is 3.27. The molecule has 0 unspecified atom stereocenters. The van der Waals surface area contributed by atoms with Crippen LogP contribution in [0.4, 0.5) is 5.69 Å². The number of hydrogen-bond acceptors (Lipinski definition) is 5. The minimum absolute atomic E-state index is 0.0721. The third-order valence-electron chi connectivity index (χ3n) is 2.68. The van der Waals surface area contributed by atoms with E-state index in [1.54, 1.807) is 23.9 Å². The van der Waals surface area contributed by atoms with Crippen molar-refractivity contribution in [1.82, 2.24) is 14.8 Å². The van der Waals surface area contributed by atoms with Gasteiger partial charge in [0.05, 0.1) is 5.56 Å². The quantitative estimate of drug-likeness (QED) is 0.646. The molecular weight excluding hydrogens is 232 g/mol. The van der Waals surface area contributed by atoms with Gasteiger partial charge in [0.2, 0.25) is 0 Å². The standard InChI is InChI=1S/C12H14N4O2/c1-8-4-3-5-9(11(8)13)12(17)18-6-10-14-7-15-16(10)2/h3-5,7H,6,13H2,1-2H3. The molecule has 0 bridgehead atoms. The third kappa shape index (κ3) is 2.32. The summed E-state index contributed by atoms with van der Waals surface area (Å²) >= 11 is 0. The molecule has 2 N–H and O–H groups in total. The largest absolute Gasteiger partial charge is 0.454 e. The summed E-state index contributed by atoms with van der Waals surface area (Å²) in [4.78, 5) is 15.8. The van der Waals surface area contributed by atoms with Gasteiger partial charge in [0.25, 0.3) is 0 Å². The highest BCUT2D eigenvalue weighted by Crippen LogP contribution is 2.17. The lowest BCUT2D eigenvalue weighted by Crippen LogP contribution is -2.11. The van der Waals surface area contributed by atoms with Gasteiger partial charge in [-0.15, -0.1) is 0 Å². The molecule has 0 aliphatic heterocycles. The summed E-state index contributed by atoms with van der Waals surface area (Å²) in [6.07, 6.45) is 1.41. The summed E-state index contributed by atoms with van der Waals surface area (Å²) < 4.78 is 6.70. The van der Waals surface area contributed by atoms with E-state index in [9.17, 15) is 4.79 Å². The van der Waals surface area contributed by atoms with E-state index in [0.29, 0.717) is 17.1 Å². The molecule has 1 aromatic heterocycles. The lowest BCUT2D eigenvalue weighted by atomic mass is 10.1. The Labute approximate surface area is 104 Å². The number of nitrogens with zero attached hydrogens (tertiary/aromatic N) is 3. The zero-order chi connectivity index (χ0) is 13.1. The van der Waals surface area contributed by atoms with Gasteiger partial charge in [-0.3, -0.25) is 4.68 Å². The molecule has 18 heavy (non-hydrogen) atoms. The number of carbonyl (C=O) groups excluding carboxylic acids is 1. The van der Waals surface area contributed by atoms with Crippen molar-refractivity contribution in [3.63, 3.8) is 0 Å². The van der Waals surface area contributed by atoms with Crippen LogP contribution >= 0.6 is 0 Å². The van der Waals surface area contributed by atoms with E-state index >= 15 is 0 Å². The number of nitrogens with two attached hydrogens (primary N) is 1. The fourth-order valence-electron chi connectivity index (χ4n) is 1.52. The SMILES string of the molecule is Cc1cccc(C(=O)OCc2ncnn2C)c1N. The smallest absolute Gasteiger partial charge is 0.340 e. The lowest BCUT2D eigenvalue weighted by molar-refractivity contribution is 0.0459. The Hall–Kier alpha value is -2.37. The minimum Gasteiger partial charge on any atom is -0.454 e. The van der Waals surface area contributed by atoms with Crippen molar-refractivity contribution >= 4 is 11.7 Å². The fourth-order valence-corrected chi connectivity index (χ4v) is 1.52. The Morgan fingerprint density at radius 2 is 2.28 bits per heavy atom. The van der Waals surface area contributed by atoms with Crippen molar-refractivity contribution in [1.29, 1.82) is 0 Å². The summed E-state index contributed by atoms with van der Waals surface area (Å²) in [7, 11) is 1.73. The van der Waals surface area contributed by atoms with E-state index in [1.807, 2.05) is 13.0 Å². The fraction of sp³-hybridized carbons (Fsp3) is 0.250. The van der Waals surface area contributed by atoms with Gasteiger partial charge in [-0.2, -0.15) is 5.10 Å². The molecule has 94 valence electrons. The average molecular weight is 246 g/mol. The van der Waals surface area contributed by atoms with Crippen LogP contribution in [0.15, 0.2) is 24.5 Å². The highest BCUT2D eigenvalue weighted by molar-refractivity contribution is 5.95. The van der Waals surface area contributed by atoms with Gasteiger partial charge in [-0.05, 0) is 18.6 Å². The zero-order valence-electron chi connectivity index (χ0n) is 10.3. The van der Waals surface area contributed by atoms with Gasteiger partial charge in [0.1, 0.15) is 6.33 Å². The predicted octanol–water partition coefficient (Wildman–Crippen LogP) is 1.06. The second kappa shape index (κ2) is 4.87. The summed E-state index contributed by atoms with van der Waals surface area (Å²) in [6, 6.07) is 5.25. The molecule has 0 saturated carbocycles. The summed E-state index contributed by atoms with van der Waals surface area (Å²) in [6.45, 7) is 1.91. The highest BCUT2D eigenvalue weighted by Gasteiger charge is 2.13. The topological polar surface area (TPSA) is 83.0 Å². The van der Waals surface area contributed by atoms with Crippen molar-refractivity contribution in [3.8, 4) is 0 Å². The van der Waals surface area contributed by atoms with Crippen molar-refractivity contribution < 1.29 is 9.53 Å². The van der Waals surface area contributed by atoms with E-state index in [4.69, 9.17) is 10.5 Å². The highest BCUT2D eigenvalue weighted by atomic mass is 16.5. The zero-order valence-corrected chi connectivity index (χ0v) is 10.3. The first-order chi connectivity index (χ1) is 8.59. The van der Waals surface area contributed by atoms with E-state index in [-0.39, 0.29) is 6.61 Å². The van der Waals surface area contributed by atoms with Crippen LogP contribution in [-0.2, 0) is 18.4 Å². The number of carbonyl (C=O) groups is 1. The van der Waals surface area contributed by atoms with Crippen molar-refractivity contribution in [2.75, 3.05) is 5.73 Å². The van der Waals surface area contributed by atoms with E-state index in [2.05, 4.69) is 10.1 Å². The molecule has 0 aliphatic carbocycles. The normalized spacial score (nSPS) is 10.3. The second-order valence-corrected chi connectivity index (χ2v) is 3.91. The predicted molar refractivity (Wildman–Crippen MR) is 65.7 cm³/mol. The maximum absolute atomic E-state index is 11.9. The first kappa shape index (κ1) is 12.1. The average Bonchev–Trinajstić information content (AvgIpc) is 2.75. The van der Waals surface area contributed by atoms with Crippen molar-refractivity contribution in [2.24, 2.45) is 7.05 Å². The molecule has 2 rings (SSSR count).